The molecule has 0 aliphatic carbocycles. The molecule has 6 nitrogen and oxygen atoms in total. The van der Waals surface area contributed by atoms with Gasteiger partial charge >= 0.3 is 5.97 Å². The predicted octanol–water partition coefficient (Wildman–Crippen LogP) is 3.05. The number of aromatic nitrogens is 1. The Labute approximate surface area is 144 Å². The van der Waals surface area contributed by atoms with Gasteiger partial charge < -0.3 is 15.2 Å². The van der Waals surface area contributed by atoms with Gasteiger partial charge in [0.1, 0.15) is 22.5 Å². The van der Waals surface area contributed by atoms with Gasteiger partial charge in [-0.3, -0.25) is 4.79 Å². The van der Waals surface area contributed by atoms with E-state index in [0.717, 1.165) is 11.3 Å². The Balaban J connectivity index is 2.10. The van der Waals surface area contributed by atoms with Crippen LogP contribution in [0.5, 0.6) is 5.75 Å². The first kappa shape index (κ1) is 17.9. The second-order valence-electron chi connectivity index (χ2n) is 5.76. The fraction of sp³-hybridized carbons (Fsp3) is 0.353. The highest BCUT2D eigenvalue weighted by Gasteiger charge is 2.23. The standard InChI is InChI=1S/C17H20N2O4S/c1-10(2)8-13(17(21)22)18-15(20)14-9-24-16(19-14)11-4-6-12(23-3)7-5-11/h4-7,9-10,13H,8H2,1-3H3,(H,18,20)(H,21,22)/t13-/m0/s1. The summed E-state index contributed by atoms with van der Waals surface area (Å²) >= 11 is 1.33. The Kier molecular flexibility index (Phi) is 5.92. The van der Waals surface area contributed by atoms with E-state index in [1.807, 2.05) is 38.1 Å². The lowest BCUT2D eigenvalue weighted by atomic mass is 10.0. The molecule has 0 spiro atoms. The van der Waals surface area contributed by atoms with E-state index in [1.165, 1.54) is 11.3 Å². The van der Waals surface area contributed by atoms with E-state index in [-0.39, 0.29) is 11.6 Å². The summed E-state index contributed by atoms with van der Waals surface area (Å²) in [5, 5.41) is 14.1. The van der Waals surface area contributed by atoms with Crippen molar-refractivity contribution in [2.45, 2.75) is 26.3 Å². The van der Waals surface area contributed by atoms with Crippen LogP contribution in [-0.2, 0) is 4.79 Å². The first-order valence-electron chi connectivity index (χ1n) is 7.54. The van der Waals surface area contributed by atoms with E-state index < -0.39 is 17.9 Å². The van der Waals surface area contributed by atoms with Crippen LogP contribution in [0.4, 0.5) is 0 Å². The van der Waals surface area contributed by atoms with Gasteiger partial charge in [-0.05, 0) is 36.6 Å². The number of carboxylic acids is 1. The number of carbonyl (C=O) groups excluding carboxylic acids is 1. The number of amides is 1. The van der Waals surface area contributed by atoms with Crippen LogP contribution >= 0.6 is 11.3 Å². The number of hydrogen-bond donors (Lipinski definition) is 2. The maximum atomic E-state index is 12.2. The van der Waals surface area contributed by atoms with Gasteiger partial charge in [-0.15, -0.1) is 11.3 Å². The maximum Gasteiger partial charge on any atom is 0.326 e. The summed E-state index contributed by atoms with van der Waals surface area (Å²) in [7, 11) is 1.59. The molecule has 1 heterocycles. The molecule has 0 saturated heterocycles. The first-order chi connectivity index (χ1) is 11.4. The fourth-order valence-corrected chi connectivity index (χ4v) is 2.98. The molecule has 1 aromatic heterocycles. The molecule has 2 N–H and O–H groups in total. The minimum atomic E-state index is -1.04. The molecule has 0 saturated carbocycles. The van der Waals surface area contributed by atoms with E-state index in [1.54, 1.807) is 12.5 Å². The second-order valence-corrected chi connectivity index (χ2v) is 6.62. The molecule has 7 heteroatoms. The summed E-state index contributed by atoms with van der Waals surface area (Å²) < 4.78 is 5.11. The van der Waals surface area contributed by atoms with Crippen molar-refractivity contribution in [2.24, 2.45) is 5.92 Å². The Morgan fingerprint density at radius 1 is 1.29 bits per heavy atom. The van der Waals surface area contributed by atoms with Crippen LogP contribution in [0.3, 0.4) is 0 Å². The van der Waals surface area contributed by atoms with Gasteiger partial charge in [0.15, 0.2) is 0 Å². The van der Waals surface area contributed by atoms with Crippen molar-refractivity contribution in [3.05, 3.63) is 35.3 Å². The molecule has 0 aliphatic heterocycles. The number of hydrogen-bond acceptors (Lipinski definition) is 5. The summed E-state index contributed by atoms with van der Waals surface area (Å²) in [6.45, 7) is 3.82. The third-order valence-corrected chi connectivity index (χ3v) is 4.28. The molecule has 1 amide bonds. The smallest absolute Gasteiger partial charge is 0.326 e. The lowest BCUT2D eigenvalue weighted by Gasteiger charge is -2.15. The van der Waals surface area contributed by atoms with Gasteiger partial charge in [-0.25, -0.2) is 9.78 Å². The van der Waals surface area contributed by atoms with Gasteiger partial charge in [-0.2, -0.15) is 0 Å². The molecule has 2 rings (SSSR count). The van der Waals surface area contributed by atoms with E-state index >= 15 is 0 Å². The van der Waals surface area contributed by atoms with Crippen LogP contribution in [0.2, 0.25) is 0 Å². The predicted molar refractivity (Wildman–Crippen MR) is 92.4 cm³/mol. The zero-order valence-electron chi connectivity index (χ0n) is 13.8. The number of carboxylic acid groups (broad SMARTS) is 1. The highest BCUT2D eigenvalue weighted by atomic mass is 32.1. The Bertz CT molecular complexity index is 710. The van der Waals surface area contributed by atoms with Crippen LogP contribution in [-0.4, -0.2) is 35.1 Å². The summed E-state index contributed by atoms with van der Waals surface area (Å²) in [6, 6.07) is 6.44. The highest BCUT2D eigenvalue weighted by Crippen LogP contribution is 2.25. The molecule has 0 bridgehead atoms. The van der Waals surface area contributed by atoms with Crippen molar-refractivity contribution in [2.75, 3.05) is 7.11 Å². The number of benzene rings is 1. The summed E-state index contributed by atoms with van der Waals surface area (Å²) in [6.07, 6.45) is 0.372. The molecule has 24 heavy (non-hydrogen) atoms. The van der Waals surface area contributed by atoms with Crippen LogP contribution < -0.4 is 10.1 Å². The number of ether oxygens (including phenoxy) is 1. The monoisotopic (exact) mass is 348 g/mol. The molecule has 0 fully saturated rings. The van der Waals surface area contributed by atoms with Gasteiger partial charge in [-0.1, -0.05) is 13.8 Å². The van der Waals surface area contributed by atoms with Crippen molar-refractivity contribution >= 4 is 23.2 Å². The summed E-state index contributed by atoms with van der Waals surface area (Å²) in [4.78, 5) is 27.8. The van der Waals surface area contributed by atoms with E-state index in [2.05, 4.69) is 10.3 Å². The zero-order valence-corrected chi connectivity index (χ0v) is 14.6. The Hall–Kier alpha value is -2.41. The Morgan fingerprint density at radius 3 is 2.50 bits per heavy atom. The largest absolute Gasteiger partial charge is 0.497 e. The summed E-state index contributed by atoms with van der Waals surface area (Å²) in [5.74, 6) is -0.607. The minimum absolute atomic E-state index is 0.164. The topological polar surface area (TPSA) is 88.5 Å². The number of nitrogens with zero attached hydrogens (tertiary/aromatic N) is 1. The number of thiazole rings is 1. The third-order valence-electron chi connectivity index (χ3n) is 3.38. The molecule has 128 valence electrons. The molecule has 0 unspecified atom stereocenters. The van der Waals surface area contributed by atoms with E-state index in [4.69, 9.17) is 4.74 Å². The minimum Gasteiger partial charge on any atom is -0.497 e. The normalized spacial score (nSPS) is 12.0. The number of rotatable bonds is 7. The summed E-state index contributed by atoms with van der Waals surface area (Å²) in [5.41, 5.74) is 1.10. The van der Waals surface area contributed by atoms with Crippen LogP contribution in [0.25, 0.3) is 10.6 Å². The molecule has 1 aromatic carbocycles. The van der Waals surface area contributed by atoms with Gasteiger partial charge in [0.05, 0.1) is 7.11 Å². The molecular formula is C17H20N2O4S. The van der Waals surface area contributed by atoms with Crippen LogP contribution in [0.1, 0.15) is 30.8 Å². The van der Waals surface area contributed by atoms with E-state index in [0.29, 0.717) is 11.4 Å². The quantitative estimate of drug-likeness (QED) is 0.803. The fourth-order valence-electron chi connectivity index (χ4n) is 2.17. The number of carbonyl (C=O) groups is 2. The lowest BCUT2D eigenvalue weighted by molar-refractivity contribution is -0.139. The average molecular weight is 348 g/mol. The molecule has 0 radical (unpaired) electrons. The van der Waals surface area contributed by atoms with Crippen molar-refractivity contribution in [3.63, 3.8) is 0 Å². The molecule has 1 atom stereocenters. The molecule has 2 aromatic rings. The number of methoxy groups -OCH3 is 1. The maximum absolute atomic E-state index is 12.2. The first-order valence-corrected chi connectivity index (χ1v) is 8.42. The highest BCUT2D eigenvalue weighted by molar-refractivity contribution is 7.13. The van der Waals surface area contributed by atoms with E-state index in [9.17, 15) is 14.7 Å². The second kappa shape index (κ2) is 7.92. The van der Waals surface area contributed by atoms with Gasteiger partial charge in [0.25, 0.3) is 5.91 Å². The third kappa shape index (κ3) is 4.55. The average Bonchev–Trinajstić information content (AvgIpc) is 3.04. The van der Waals surface area contributed by atoms with Gasteiger partial charge in [0.2, 0.25) is 0 Å². The Morgan fingerprint density at radius 2 is 1.96 bits per heavy atom. The van der Waals surface area contributed by atoms with Crippen molar-refractivity contribution < 1.29 is 19.4 Å². The van der Waals surface area contributed by atoms with Crippen molar-refractivity contribution in [3.8, 4) is 16.3 Å². The SMILES string of the molecule is COc1ccc(-c2nc(C(=O)N[C@@H](CC(C)C)C(=O)O)cs2)cc1. The zero-order chi connectivity index (χ0) is 17.7. The van der Waals surface area contributed by atoms with Crippen LogP contribution in [0, 0.1) is 5.92 Å². The lowest BCUT2D eigenvalue weighted by Crippen LogP contribution is -2.41. The number of nitrogens with one attached hydrogen (secondary N) is 1. The van der Waals surface area contributed by atoms with Gasteiger partial charge in [0, 0.05) is 10.9 Å². The molecular weight excluding hydrogens is 328 g/mol. The van der Waals surface area contributed by atoms with Crippen molar-refractivity contribution in [1.82, 2.24) is 10.3 Å². The van der Waals surface area contributed by atoms with Crippen molar-refractivity contribution in [1.29, 1.82) is 0 Å². The number of aliphatic carboxylic acids is 1. The van der Waals surface area contributed by atoms with Crippen LogP contribution in [0.15, 0.2) is 29.6 Å². The molecule has 0 aliphatic rings.